The van der Waals surface area contributed by atoms with Gasteiger partial charge >= 0.3 is 0 Å². The fourth-order valence-corrected chi connectivity index (χ4v) is 4.68. The molecule has 0 bridgehead atoms. The third-order valence-corrected chi connectivity index (χ3v) is 6.61. The highest BCUT2D eigenvalue weighted by Crippen LogP contribution is 2.28. The Bertz CT molecular complexity index is 1300. The van der Waals surface area contributed by atoms with E-state index in [1.54, 1.807) is 12.1 Å². The van der Waals surface area contributed by atoms with Crippen molar-refractivity contribution in [2.24, 2.45) is 0 Å². The molecule has 3 N–H and O–H groups in total. The Morgan fingerprint density at radius 3 is 2.84 bits per heavy atom. The van der Waals surface area contributed by atoms with Gasteiger partial charge in [-0.2, -0.15) is 0 Å². The number of hydrogen-bond donors (Lipinski definition) is 3. The lowest BCUT2D eigenvalue weighted by Crippen LogP contribution is -2.52. The van der Waals surface area contributed by atoms with E-state index in [9.17, 15) is 18.7 Å². The summed E-state index contributed by atoms with van der Waals surface area (Å²) in [6.45, 7) is 2.03. The van der Waals surface area contributed by atoms with Crippen LogP contribution < -0.4 is 20.1 Å². The Morgan fingerprint density at radius 2 is 2.08 bits per heavy atom. The number of nitrogens with zero attached hydrogens (tertiary/aromatic N) is 3. The zero-order chi connectivity index (χ0) is 25.2. The van der Waals surface area contributed by atoms with Crippen molar-refractivity contribution in [3.63, 3.8) is 0 Å². The molecule has 2 aliphatic heterocycles. The van der Waals surface area contributed by atoms with Gasteiger partial charge in [-0.1, -0.05) is 0 Å². The Hall–Kier alpha value is -2.83. The number of amides is 1. The molecular formula is C25H29Cl2F2N5O4. The van der Waals surface area contributed by atoms with Crippen LogP contribution in [-0.2, 0) is 17.8 Å². The summed E-state index contributed by atoms with van der Waals surface area (Å²) < 4.78 is 39.5. The monoisotopic (exact) mass is 571 g/mol. The number of carbonyl (C=O) groups excluding carboxylic acids is 1. The molecule has 0 aliphatic carbocycles. The number of anilines is 1. The number of pyridine rings is 2. The Kier molecular flexibility index (Phi) is 10.0. The number of carbonyl (C=O) groups is 1. The fraction of sp³-hybridized carbons (Fsp3) is 0.400. The number of halogens is 4. The van der Waals surface area contributed by atoms with Crippen LogP contribution in [0.1, 0.15) is 17.7 Å². The summed E-state index contributed by atoms with van der Waals surface area (Å²) >= 11 is 0. The lowest BCUT2D eigenvalue weighted by Gasteiger charge is -2.36. The molecule has 1 aromatic carbocycles. The van der Waals surface area contributed by atoms with Crippen LogP contribution in [0.3, 0.4) is 0 Å². The van der Waals surface area contributed by atoms with E-state index >= 15 is 0 Å². The van der Waals surface area contributed by atoms with Crippen LogP contribution in [-0.4, -0.2) is 71.4 Å². The van der Waals surface area contributed by atoms with E-state index in [1.165, 1.54) is 13.2 Å². The van der Waals surface area contributed by atoms with Crippen LogP contribution in [0.2, 0.25) is 0 Å². The molecule has 0 saturated carbocycles. The van der Waals surface area contributed by atoms with Gasteiger partial charge in [0.15, 0.2) is 24.0 Å². The van der Waals surface area contributed by atoms with Gasteiger partial charge in [-0.05, 0) is 37.6 Å². The minimum Gasteiger partial charge on any atom is -0.497 e. The molecule has 5 rings (SSSR count). The fourth-order valence-electron chi connectivity index (χ4n) is 4.68. The molecule has 2 aliphatic rings. The number of aliphatic hydroxyl groups is 1. The maximum absolute atomic E-state index is 14.6. The number of fused-ring (bicyclic) bond motifs is 2. The van der Waals surface area contributed by atoms with Crippen LogP contribution in [0.4, 0.5) is 14.6 Å². The molecule has 38 heavy (non-hydrogen) atoms. The van der Waals surface area contributed by atoms with E-state index in [-0.39, 0.29) is 48.9 Å². The minimum absolute atomic E-state index is 0. The number of hydrogen-bond acceptors (Lipinski definition) is 8. The smallest absolute Gasteiger partial charge is 0.263 e. The summed E-state index contributed by atoms with van der Waals surface area (Å²) in [5, 5.41) is 17.1. The van der Waals surface area contributed by atoms with Gasteiger partial charge in [0, 0.05) is 42.7 Å². The quantitative estimate of drug-likeness (QED) is 0.397. The maximum Gasteiger partial charge on any atom is 0.263 e. The number of benzene rings is 1. The number of nitrogens with one attached hydrogen (secondary N) is 2. The molecule has 9 nitrogen and oxygen atoms in total. The molecule has 0 spiro atoms. The van der Waals surface area contributed by atoms with Crippen LogP contribution in [0.25, 0.3) is 10.9 Å². The van der Waals surface area contributed by atoms with Gasteiger partial charge in [-0.25, -0.2) is 13.8 Å². The number of ether oxygens (including phenoxy) is 2. The van der Waals surface area contributed by atoms with Crippen molar-refractivity contribution >= 4 is 47.4 Å². The molecule has 206 valence electrons. The number of likely N-dealkylation sites (tertiary alicyclic amines) is 1. The average molecular weight is 572 g/mol. The normalized spacial score (nSPS) is 19.0. The molecule has 1 amide bonds. The van der Waals surface area contributed by atoms with Gasteiger partial charge in [-0.3, -0.25) is 9.78 Å². The molecular weight excluding hydrogens is 543 g/mol. The van der Waals surface area contributed by atoms with Gasteiger partial charge in [0.1, 0.15) is 17.1 Å². The number of β-amino-alcohol motifs (C(OH)–C–C–N with tert-alkyl or cyclic N) is 1. The zero-order valence-corrected chi connectivity index (χ0v) is 22.2. The largest absolute Gasteiger partial charge is 0.497 e. The Labute approximate surface area is 230 Å². The molecule has 4 heterocycles. The van der Waals surface area contributed by atoms with Crippen molar-refractivity contribution in [2.75, 3.05) is 38.7 Å². The van der Waals surface area contributed by atoms with E-state index in [0.29, 0.717) is 67.3 Å². The highest BCUT2D eigenvalue weighted by molar-refractivity contribution is 5.94. The van der Waals surface area contributed by atoms with Crippen molar-refractivity contribution in [1.82, 2.24) is 20.2 Å². The first-order valence-corrected chi connectivity index (χ1v) is 11.8. The van der Waals surface area contributed by atoms with Crippen LogP contribution in [0, 0.1) is 11.6 Å². The first kappa shape index (κ1) is 29.7. The van der Waals surface area contributed by atoms with E-state index in [2.05, 4.69) is 25.5 Å². The third kappa shape index (κ3) is 6.41. The maximum atomic E-state index is 14.6. The average Bonchev–Trinajstić information content (AvgIpc) is 2.87. The Morgan fingerprint density at radius 1 is 1.26 bits per heavy atom. The second kappa shape index (κ2) is 12.8. The minimum atomic E-state index is -0.629. The SMILES string of the molecule is COc1cc(F)c2ncc(F)c(CCN3CC[C@H](NCc4ccc5c(n4)NC(=O)CO5)[C@H](O)C3)c2c1.Cl.Cl. The molecule has 1 saturated heterocycles. The lowest BCUT2D eigenvalue weighted by molar-refractivity contribution is -0.118. The van der Waals surface area contributed by atoms with Crippen molar-refractivity contribution in [3.05, 3.63) is 53.4 Å². The molecule has 3 aromatic rings. The predicted octanol–water partition coefficient (Wildman–Crippen LogP) is 2.86. The summed E-state index contributed by atoms with van der Waals surface area (Å²) in [4.78, 5) is 21.9. The summed E-state index contributed by atoms with van der Waals surface area (Å²) in [5.74, 6) is -0.0608. The number of methoxy groups -OCH3 is 1. The standard InChI is InChI=1S/C25H27F2N5O4.2ClH/c1-35-15-8-17-16(19(27)11-29-24(17)18(26)9-15)4-6-32-7-5-20(21(33)12-32)28-10-14-2-3-22-25(30-14)31-23(34)13-36-22;;/h2-3,8-9,11,20-21,28,33H,4-7,10,12-13H2,1H3,(H,30,31,34);2*1H/t20-,21+;;/m0../s1. The van der Waals surface area contributed by atoms with Crippen LogP contribution in [0.15, 0.2) is 30.5 Å². The summed E-state index contributed by atoms with van der Waals surface area (Å²) in [5.41, 5.74) is 1.20. The van der Waals surface area contributed by atoms with Gasteiger partial charge in [0.2, 0.25) is 0 Å². The second-order valence-electron chi connectivity index (χ2n) is 8.97. The van der Waals surface area contributed by atoms with Crippen molar-refractivity contribution in [2.45, 2.75) is 31.5 Å². The van der Waals surface area contributed by atoms with Gasteiger partial charge in [0.25, 0.3) is 5.91 Å². The highest BCUT2D eigenvalue weighted by atomic mass is 35.5. The van der Waals surface area contributed by atoms with Gasteiger partial charge in [-0.15, -0.1) is 24.8 Å². The lowest BCUT2D eigenvalue weighted by atomic mass is 10.00. The summed E-state index contributed by atoms with van der Waals surface area (Å²) in [7, 11) is 1.43. The summed E-state index contributed by atoms with van der Waals surface area (Å²) in [6.07, 6.45) is 1.45. The van der Waals surface area contributed by atoms with Crippen molar-refractivity contribution < 1.29 is 28.2 Å². The highest BCUT2D eigenvalue weighted by Gasteiger charge is 2.28. The molecule has 0 unspecified atom stereocenters. The van der Waals surface area contributed by atoms with Crippen molar-refractivity contribution in [1.29, 1.82) is 0 Å². The molecule has 2 atom stereocenters. The topological polar surface area (TPSA) is 109 Å². The summed E-state index contributed by atoms with van der Waals surface area (Å²) in [6, 6.07) is 6.27. The third-order valence-electron chi connectivity index (χ3n) is 6.61. The molecule has 2 aromatic heterocycles. The number of piperidine rings is 1. The van der Waals surface area contributed by atoms with Crippen molar-refractivity contribution in [3.8, 4) is 11.5 Å². The van der Waals surface area contributed by atoms with E-state index < -0.39 is 17.7 Å². The second-order valence-corrected chi connectivity index (χ2v) is 8.97. The number of rotatable bonds is 7. The Balaban J connectivity index is 0.00000200. The van der Waals surface area contributed by atoms with Crippen LogP contribution >= 0.6 is 24.8 Å². The number of aliphatic hydroxyl groups excluding tert-OH is 1. The van der Waals surface area contributed by atoms with E-state index in [0.717, 1.165) is 11.9 Å². The zero-order valence-electron chi connectivity index (χ0n) is 20.6. The van der Waals surface area contributed by atoms with Gasteiger partial charge in [0.05, 0.1) is 25.1 Å². The van der Waals surface area contributed by atoms with Crippen LogP contribution in [0.5, 0.6) is 11.5 Å². The first-order valence-electron chi connectivity index (χ1n) is 11.8. The van der Waals surface area contributed by atoms with Gasteiger partial charge < -0.3 is 30.1 Å². The van der Waals surface area contributed by atoms with E-state index in [1.807, 2.05) is 6.07 Å². The van der Waals surface area contributed by atoms with E-state index in [4.69, 9.17) is 9.47 Å². The molecule has 13 heteroatoms. The predicted molar refractivity (Wildman–Crippen MR) is 142 cm³/mol. The molecule has 0 radical (unpaired) electrons. The molecule has 1 fully saturated rings. The number of aromatic nitrogens is 2. The first-order chi connectivity index (χ1) is 17.4.